The summed E-state index contributed by atoms with van der Waals surface area (Å²) in [5, 5.41) is 20.1. The van der Waals surface area contributed by atoms with Crippen LogP contribution in [-0.4, -0.2) is 10.2 Å². The van der Waals surface area contributed by atoms with E-state index in [4.69, 9.17) is 0 Å². The fourth-order valence-electron chi connectivity index (χ4n) is 1.74. The third-order valence-electron chi connectivity index (χ3n) is 2.72. The monoisotopic (exact) mass is 310 g/mol. The van der Waals surface area contributed by atoms with Crippen LogP contribution in [-0.2, 0) is 0 Å². The van der Waals surface area contributed by atoms with Crippen molar-refractivity contribution in [3.63, 3.8) is 0 Å². The lowest BCUT2D eigenvalue weighted by molar-refractivity contribution is 0.0151. The molecule has 0 saturated heterocycles. The van der Waals surface area contributed by atoms with Gasteiger partial charge in [-0.25, -0.2) is 4.39 Å². The molecule has 0 fully saturated rings. The zero-order valence-electron chi connectivity index (χ0n) is 9.42. The predicted molar refractivity (Wildman–Crippen MR) is 70.5 cm³/mol. The van der Waals surface area contributed by atoms with Gasteiger partial charge in [0.2, 0.25) is 0 Å². The first kappa shape index (κ1) is 13.2. The van der Waals surface area contributed by atoms with Crippen LogP contribution in [0.5, 0.6) is 0 Å². The van der Waals surface area contributed by atoms with Crippen LogP contribution >= 0.6 is 15.9 Å². The van der Waals surface area contributed by atoms with Crippen molar-refractivity contribution >= 4 is 15.9 Å². The maximum absolute atomic E-state index is 13.6. The smallest absolute Gasteiger partial charge is 0.129 e. The quantitative estimate of drug-likeness (QED) is 0.912. The Kier molecular flexibility index (Phi) is 4.11. The Hall–Kier alpha value is -1.23. The third-order valence-corrected chi connectivity index (χ3v) is 3.21. The topological polar surface area (TPSA) is 40.5 Å². The molecule has 0 aromatic heterocycles. The molecule has 0 radical (unpaired) electrons. The first-order chi connectivity index (χ1) is 8.59. The molecule has 18 heavy (non-hydrogen) atoms. The molecule has 0 amide bonds. The van der Waals surface area contributed by atoms with Gasteiger partial charge in [0.05, 0.1) is 0 Å². The Morgan fingerprint density at radius 3 is 2.28 bits per heavy atom. The minimum atomic E-state index is -1.30. The number of benzene rings is 2. The summed E-state index contributed by atoms with van der Waals surface area (Å²) >= 11 is 3.21. The molecule has 2 nitrogen and oxygen atoms in total. The number of rotatable bonds is 3. The normalized spacial score (nSPS) is 14.2. The van der Waals surface area contributed by atoms with E-state index >= 15 is 0 Å². The summed E-state index contributed by atoms with van der Waals surface area (Å²) in [5.41, 5.74) is 0.616. The Morgan fingerprint density at radius 2 is 1.61 bits per heavy atom. The summed E-state index contributed by atoms with van der Waals surface area (Å²) in [5.74, 6) is -0.541. The molecule has 0 aliphatic carbocycles. The number of hydrogen-bond donors (Lipinski definition) is 2. The first-order valence-corrected chi connectivity index (χ1v) is 6.25. The molecule has 0 spiro atoms. The van der Waals surface area contributed by atoms with Crippen LogP contribution in [0.3, 0.4) is 0 Å². The van der Waals surface area contributed by atoms with Crippen molar-refractivity contribution in [3.8, 4) is 0 Å². The van der Waals surface area contributed by atoms with Crippen molar-refractivity contribution in [2.24, 2.45) is 0 Å². The van der Waals surface area contributed by atoms with Crippen molar-refractivity contribution in [1.29, 1.82) is 0 Å². The summed E-state index contributed by atoms with van der Waals surface area (Å²) in [7, 11) is 0. The third kappa shape index (κ3) is 2.77. The van der Waals surface area contributed by atoms with Crippen molar-refractivity contribution in [2.75, 3.05) is 0 Å². The number of aliphatic hydroxyl groups excluding tert-OH is 2. The van der Waals surface area contributed by atoms with E-state index in [0.717, 1.165) is 0 Å². The van der Waals surface area contributed by atoms with Crippen LogP contribution in [0.4, 0.5) is 4.39 Å². The fraction of sp³-hybridized carbons (Fsp3) is 0.143. The van der Waals surface area contributed by atoms with Crippen LogP contribution < -0.4 is 0 Å². The highest BCUT2D eigenvalue weighted by atomic mass is 79.9. The molecule has 94 valence electrons. The second-order valence-electron chi connectivity index (χ2n) is 3.97. The second kappa shape index (κ2) is 5.61. The van der Waals surface area contributed by atoms with Crippen LogP contribution in [0.1, 0.15) is 23.3 Å². The molecule has 0 bridgehead atoms. The lowest BCUT2D eigenvalue weighted by Gasteiger charge is -2.19. The lowest BCUT2D eigenvalue weighted by Crippen LogP contribution is -2.11. The molecular weight excluding hydrogens is 299 g/mol. The summed E-state index contributed by atoms with van der Waals surface area (Å²) in [6.07, 6.45) is -2.46. The zero-order valence-corrected chi connectivity index (χ0v) is 11.0. The molecule has 2 rings (SSSR count). The number of halogens is 2. The van der Waals surface area contributed by atoms with E-state index in [2.05, 4.69) is 15.9 Å². The molecule has 4 heteroatoms. The van der Waals surface area contributed by atoms with Gasteiger partial charge in [-0.3, -0.25) is 0 Å². The molecule has 2 atom stereocenters. The Balaban J connectivity index is 2.31. The van der Waals surface area contributed by atoms with Gasteiger partial charge in [0.15, 0.2) is 0 Å². The highest BCUT2D eigenvalue weighted by Gasteiger charge is 2.23. The Bertz CT molecular complexity index is 531. The highest BCUT2D eigenvalue weighted by Crippen LogP contribution is 2.31. The molecule has 0 saturated carbocycles. The van der Waals surface area contributed by atoms with E-state index < -0.39 is 18.0 Å². The van der Waals surface area contributed by atoms with E-state index in [9.17, 15) is 14.6 Å². The van der Waals surface area contributed by atoms with Gasteiger partial charge in [0.1, 0.15) is 18.0 Å². The lowest BCUT2D eigenvalue weighted by atomic mass is 9.98. The van der Waals surface area contributed by atoms with Crippen molar-refractivity contribution < 1.29 is 14.6 Å². The minimum Gasteiger partial charge on any atom is -0.385 e. The summed E-state index contributed by atoms with van der Waals surface area (Å²) in [6, 6.07) is 12.9. The van der Waals surface area contributed by atoms with E-state index in [1.165, 1.54) is 12.1 Å². The van der Waals surface area contributed by atoms with E-state index in [1.807, 2.05) is 6.07 Å². The van der Waals surface area contributed by atoms with Gasteiger partial charge in [-0.2, -0.15) is 0 Å². The Morgan fingerprint density at radius 1 is 0.944 bits per heavy atom. The Labute approximate surface area is 113 Å². The molecular formula is C14H12BrFO2. The molecule has 0 aliphatic rings. The maximum Gasteiger partial charge on any atom is 0.129 e. The summed E-state index contributed by atoms with van der Waals surface area (Å²) in [6.45, 7) is 0. The van der Waals surface area contributed by atoms with Gasteiger partial charge in [-0.1, -0.05) is 46.3 Å². The van der Waals surface area contributed by atoms with Gasteiger partial charge >= 0.3 is 0 Å². The first-order valence-electron chi connectivity index (χ1n) is 5.45. The number of aliphatic hydroxyl groups is 2. The summed E-state index contributed by atoms with van der Waals surface area (Å²) in [4.78, 5) is 0. The average molecular weight is 311 g/mol. The van der Waals surface area contributed by atoms with E-state index in [1.54, 1.807) is 30.3 Å². The average Bonchev–Trinajstić information content (AvgIpc) is 2.41. The molecule has 2 aromatic rings. The van der Waals surface area contributed by atoms with E-state index in [0.29, 0.717) is 10.0 Å². The molecule has 2 aromatic carbocycles. The molecule has 0 aliphatic heterocycles. The number of hydrogen-bond acceptors (Lipinski definition) is 2. The van der Waals surface area contributed by atoms with Gasteiger partial charge in [-0.05, 0) is 23.8 Å². The van der Waals surface area contributed by atoms with Crippen molar-refractivity contribution in [1.82, 2.24) is 0 Å². The summed E-state index contributed by atoms with van der Waals surface area (Å²) < 4.78 is 14.3. The van der Waals surface area contributed by atoms with E-state index in [-0.39, 0.29) is 5.56 Å². The van der Waals surface area contributed by atoms with Crippen molar-refractivity contribution in [3.05, 3.63) is 69.9 Å². The van der Waals surface area contributed by atoms with Gasteiger partial charge in [-0.15, -0.1) is 0 Å². The standard InChI is InChI=1S/C14H12BrFO2/c15-10-6-7-12(16)11(8-10)14(18)13(17)9-4-2-1-3-5-9/h1-8,13-14,17-18H. The van der Waals surface area contributed by atoms with Gasteiger partial charge < -0.3 is 10.2 Å². The molecule has 2 N–H and O–H groups in total. The zero-order chi connectivity index (χ0) is 13.1. The predicted octanol–water partition coefficient (Wildman–Crippen LogP) is 3.36. The van der Waals surface area contributed by atoms with Crippen LogP contribution in [0.25, 0.3) is 0 Å². The SMILES string of the molecule is OC(c1ccccc1)C(O)c1cc(Br)ccc1F. The fourth-order valence-corrected chi connectivity index (χ4v) is 2.12. The van der Waals surface area contributed by atoms with Crippen molar-refractivity contribution in [2.45, 2.75) is 12.2 Å². The van der Waals surface area contributed by atoms with Gasteiger partial charge in [0, 0.05) is 10.0 Å². The molecule has 0 heterocycles. The van der Waals surface area contributed by atoms with Crippen LogP contribution in [0.2, 0.25) is 0 Å². The maximum atomic E-state index is 13.6. The van der Waals surface area contributed by atoms with Crippen LogP contribution in [0, 0.1) is 5.82 Å². The highest BCUT2D eigenvalue weighted by molar-refractivity contribution is 9.10. The minimum absolute atomic E-state index is 0.0701. The van der Waals surface area contributed by atoms with Crippen LogP contribution in [0.15, 0.2) is 53.0 Å². The largest absolute Gasteiger partial charge is 0.385 e. The molecule has 2 unspecified atom stereocenters. The second-order valence-corrected chi connectivity index (χ2v) is 4.88. The van der Waals surface area contributed by atoms with Gasteiger partial charge in [0.25, 0.3) is 0 Å².